The van der Waals surface area contributed by atoms with Gasteiger partial charge < -0.3 is 5.32 Å². The van der Waals surface area contributed by atoms with Gasteiger partial charge in [-0.3, -0.25) is 4.79 Å². The van der Waals surface area contributed by atoms with Gasteiger partial charge in [0.25, 0.3) is 0 Å². The van der Waals surface area contributed by atoms with Crippen molar-refractivity contribution >= 4 is 33.1 Å². The molecule has 3 aromatic carbocycles. The van der Waals surface area contributed by atoms with Crippen LogP contribution in [0.15, 0.2) is 72.8 Å². The number of carbonyl (C=O) groups excluding carboxylic acids is 1. The zero-order chi connectivity index (χ0) is 18.6. The van der Waals surface area contributed by atoms with Crippen molar-refractivity contribution in [3.8, 4) is 10.6 Å². The summed E-state index contributed by atoms with van der Waals surface area (Å²) in [4.78, 5) is 17.1. The monoisotopic (exact) mass is 372 g/mol. The van der Waals surface area contributed by atoms with Crippen LogP contribution in [0.25, 0.3) is 20.8 Å². The second-order valence-corrected chi connectivity index (χ2v) is 7.53. The minimum absolute atomic E-state index is 0.0309. The molecule has 27 heavy (non-hydrogen) atoms. The third kappa shape index (κ3) is 3.91. The molecule has 0 atom stereocenters. The predicted molar refractivity (Wildman–Crippen MR) is 113 cm³/mol. The molecule has 0 saturated carbocycles. The molecule has 1 aromatic heterocycles. The van der Waals surface area contributed by atoms with Crippen molar-refractivity contribution in [2.45, 2.75) is 19.8 Å². The van der Waals surface area contributed by atoms with Gasteiger partial charge in [0.1, 0.15) is 5.01 Å². The van der Waals surface area contributed by atoms with E-state index < -0.39 is 0 Å². The number of aryl methyl sites for hydroxylation is 1. The van der Waals surface area contributed by atoms with E-state index in [1.807, 2.05) is 67.6 Å². The van der Waals surface area contributed by atoms with Gasteiger partial charge in [-0.2, -0.15) is 0 Å². The van der Waals surface area contributed by atoms with E-state index in [0.29, 0.717) is 6.42 Å². The zero-order valence-electron chi connectivity index (χ0n) is 15.1. The molecule has 0 aliphatic heterocycles. The van der Waals surface area contributed by atoms with Crippen molar-refractivity contribution in [1.29, 1.82) is 0 Å². The third-order valence-electron chi connectivity index (χ3n) is 4.62. The number of amides is 1. The predicted octanol–water partition coefficient (Wildman–Crippen LogP) is 5.84. The minimum atomic E-state index is 0.0309. The van der Waals surface area contributed by atoms with E-state index in [0.717, 1.165) is 33.8 Å². The summed E-state index contributed by atoms with van der Waals surface area (Å²) in [6, 6.07) is 24.2. The third-order valence-corrected chi connectivity index (χ3v) is 5.69. The van der Waals surface area contributed by atoms with Crippen LogP contribution in [0.5, 0.6) is 0 Å². The highest BCUT2D eigenvalue weighted by atomic mass is 32.1. The number of anilines is 1. The first-order valence-electron chi connectivity index (χ1n) is 9.00. The summed E-state index contributed by atoms with van der Waals surface area (Å²) in [5.41, 5.74) is 5.15. The summed E-state index contributed by atoms with van der Waals surface area (Å²) in [7, 11) is 0. The van der Waals surface area contributed by atoms with Crippen molar-refractivity contribution in [3.05, 3.63) is 83.9 Å². The van der Waals surface area contributed by atoms with Crippen LogP contribution in [0.3, 0.4) is 0 Å². The van der Waals surface area contributed by atoms with Crippen LogP contribution >= 0.6 is 11.3 Å². The molecule has 0 saturated heterocycles. The first-order valence-corrected chi connectivity index (χ1v) is 9.82. The topological polar surface area (TPSA) is 42.0 Å². The number of hydrogen-bond donors (Lipinski definition) is 1. The maximum atomic E-state index is 12.4. The Hall–Kier alpha value is -2.98. The molecule has 0 radical (unpaired) electrons. The second kappa shape index (κ2) is 7.72. The zero-order valence-corrected chi connectivity index (χ0v) is 15.9. The summed E-state index contributed by atoms with van der Waals surface area (Å²) >= 11 is 1.68. The summed E-state index contributed by atoms with van der Waals surface area (Å²) < 4.78 is 1.17. The Labute approximate surface area is 162 Å². The summed E-state index contributed by atoms with van der Waals surface area (Å²) in [5.74, 6) is 0.0309. The van der Waals surface area contributed by atoms with E-state index in [9.17, 15) is 4.79 Å². The minimum Gasteiger partial charge on any atom is -0.326 e. The number of rotatable bonds is 5. The smallest absolute Gasteiger partial charge is 0.224 e. The van der Waals surface area contributed by atoms with Gasteiger partial charge in [0.2, 0.25) is 5.91 Å². The molecule has 0 bridgehead atoms. The lowest BCUT2D eigenvalue weighted by atomic mass is 10.1. The maximum Gasteiger partial charge on any atom is 0.224 e. The Bertz CT molecular complexity index is 1050. The number of hydrogen-bond acceptors (Lipinski definition) is 3. The molecule has 1 heterocycles. The fourth-order valence-corrected chi connectivity index (χ4v) is 4.15. The highest BCUT2D eigenvalue weighted by Gasteiger charge is 2.12. The number of fused-ring (bicyclic) bond motifs is 1. The standard InChI is InChI=1S/C23H20N2OS/c1-16-18(23-25-20-11-5-6-13-21(20)27-23)10-7-12-19(16)24-22(26)15-14-17-8-3-2-4-9-17/h2-13H,14-15H2,1H3,(H,24,26). The molecule has 134 valence electrons. The average molecular weight is 372 g/mol. The number of nitrogens with one attached hydrogen (secondary N) is 1. The van der Waals surface area contributed by atoms with Crippen molar-refractivity contribution in [2.75, 3.05) is 5.32 Å². The van der Waals surface area contributed by atoms with Gasteiger partial charge in [0.05, 0.1) is 10.2 Å². The van der Waals surface area contributed by atoms with Gasteiger partial charge in [-0.25, -0.2) is 4.98 Å². The van der Waals surface area contributed by atoms with E-state index in [1.54, 1.807) is 11.3 Å². The number of para-hydroxylation sites is 1. The van der Waals surface area contributed by atoms with E-state index in [4.69, 9.17) is 4.98 Å². The Morgan fingerprint density at radius 3 is 2.56 bits per heavy atom. The lowest BCUT2D eigenvalue weighted by molar-refractivity contribution is -0.116. The maximum absolute atomic E-state index is 12.4. The lowest BCUT2D eigenvalue weighted by Gasteiger charge is -2.11. The van der Waals surface area contributed by atoms with Crippen molar-refractivity contribution in [2.24, 2.45) is 0 Å². The molecule has 1 amide bonds. The number of thiazole rings is 1. The van der Waals surface area contributed by atoms with Crippen LogP contribution in [-0.2, 0) is 11.2 Å². The Morgan fingerprint density at radius 1 is 0.963 bits per heavy atom. The van der Waals surface area contributed by atoms with Gasteiger partial charge in [0.15, 0.2) is 0 Å². The normalized spacial score (nSPS) is 10.9. The Morgan fingerprint density at radius 2 is 1.74 bits per heavy atom. The second-order valence-electron chi connectivity index (χ2n) is 6.50. The van der Waals surface area contributed by atoms with E-state index in [2.05, 4.69) is 17.4 Å². The molecule has 1 N–H and O–H groups in total. The number of benzene rings is 3. The van der Waals surface area contributed by atoms with E-state index in [-0.39, 0.29) is 5.91 Å². The van der Waals surface area contributed by atoms with Crippen LogP contribution in [0.1, 0.15) is 17.5 Å². The van der Waals surface area contributed by atoms with Crippen LogP contribution in [-0.4, -0.2) is 10.9 Å². The molecular formula is C23H20N2OS. The molecular weight excluding hydrogens is 352 g/mol. The van der Waals surface area contributed by atoms with Gasteiger partial charge >= 0.3 is 0 Å². The Balaban J connectivity index is 1.52. The van der Waals surface area contributed by atoms with Crippen LogP contribution in [0, 0.1) is 6.92 Å². The Kier molecular flexibility index (Phi) is 4.99. The van der Waals surface area contributed by atoms with Gasteiger partial charge in [-0.15, -0.1) is 11.3 Å². The van der Waals surface area contributed by atoms with Crippen molar-refractivity contribution in [1.82, 2.24) is 4.98 Å². The molecule has 3 nitrogen and oxygen atoms in total. The summed E-state index contributed by atoms with van der Waals surface area (Å²) in [6.45, 7) is 2.04. The SMILES string of the molecule is Cc1c(NC(=O)CCc2ccccc2)cccc1-c1nc2ccccc2s1. The van der Waals surface area contributed by atoms with E-state index in [1.165, 1.54) is 10.3 Å². The molecule has 0 aliphatic carbocycles. The largest absolute Gasteiger partial charge is 0.326 e. The first-order chi connectivity index (χ1) is 13.2. The molecule has 0 spiro atoms. The molecule has 0 fully saturated rings. The molecule has 4 heteroatoms. The fourth-order valence-electron chi connectivity index (χ4n) is 3.11. The summed E-state index contributed by atoms with van der Waals surface area (Å²) in [6.07, 6.45) is 1.21. The lowest BCUT2D eigenvalue weighted by Crippen LogP contribution is -2.13. The van der Waals surface area contributed by atoms with Crippen LogP contribution in [0.2, 0.25) is 0 Å². The summed E-state index contributed by atoms with van der Waals surface area (Å²) in [5, 5.41) is 4.04. The first kappa shape index (κ1) is 17.4. The quantitative estimate of drug-likeness (QED) is 0.478. The number of carbonyl (C=O) groups is 1. The molecule has 4 rings (SSSR count). The highest BCUT2D eigenvalue weighted by molar-refractivity contribution is 7.21. The molecule has 4 aromatic rings. The van der Waals surface area contributed by atoms with E-state index >= 15 is 0 Å². The van der Waals surface area contributed by atoms with Crippen molar-refractivity contribution < 1.29 is 4.79 Å². The van der Waals surface area contributed by atoms with Crippen molar-refractivity contribution in [3.63, 3.8) is 0 Å². The van der Waals surface area contributed by atoms with Gasteiger partial charge in [-0.1, -0.05) is 54.6 Å². The fraction of sp³-hybridized carbons (Fsp3) is 0.130. The highest BCUT2D eigenvalue weighted by Crippen LogP contribution is 2.34. The molecule has 0 unspecified atom stereocenters. The molecule has 0 aliphatic rings. The van der Waals surface area contributed by atoms with Gasteiger partial charge in [0, 0.05) is 17.7 Å². The van der Waals surface area contributed by atoms with Gasteiger partial charge in [-0.05, 0) is 42.7 Å². The van der Waals surface area contributed by atoms with Crippen LogP contribution < -0.4 is 5.32 Å². The number of nitrogens with zero attached hydrogens (tertiary/aromatic N) is 1. The number of aromatic nitrogens is 1. The average Bonchev–Trinajstić information content (AvgIpc) is 3.13. The van der Waals surface area contributed by atoms with Crippen LogP contribution in [0.4, 0.5) is 5.69 Å².